The van der Waals surface area contributed by atoms with Crippen LogP contribution in [0.4, 0.5) is 0 Å². The van der Waals surface area contributed by atoms with Crippen LogP contribution in [0.1, 0.15) is 62.7 Å². The first-order chi connectivity index (χ1) is 11.6. The molecule has 1 aromatic heterocycles. The van der Waals surface area contributed by atoms with E-state index in [4.69, 9.17) is 4.52 Å². The molecule has 2 N–H and O–H groups in total. The third kappa shape index (κ3) is 4.02. The van der Waals surface area contributed by atoms with Crippen LogP contribution in [0.25, 0.3) is 0 Å². The first kappa shape index (κ1) is 17.1. The molecular weight excluding hydrogens is 302 g/mol. The summed E-state index contributed by atoms with van der Waals surface area (Å²) >= 11 is 0. The molecule has 2 aromatic rings. The van der Waals surface area contributed by atoms with Crippen LogP contribution in [0.3, 0.4) is 0 Å². The number of aryl methyl sites for hydroxylation is 1. The van der Waals surface area contributed by atoms with Gasteiger partial charge in [0, 0.05) is 24.9 Å². The molecular formula is C19H27N3O2. The minimum Gasteiger partial charge on any atom is -0.384 e. The third-order valence-electron chi connectivity index (χ3n) is 5.01. The van der Waals surface area contributed by atoms with Gasteiger partial charge < -0.3 is 14.9 Å². The van der Waals surface area contributed by atoms with Crippen LogP contribution in [-0.4, -0.2) is 27.8 Å². The Balaban J connectivity index is 1.49. The van der Waals surface area contributed by atoms with Crippen LogP contribution in [0.15, 0.2) is 34.9 Å². The van der Waals surface area contributed by atoms with Gasteiger partial charge in [0.2, 0.25) is 5.89 Å². The largest absolute Gasteiger partial charge is 0.384 e. The van der Waals surface area contributed by atoms with Crippen molar-refractivity contribution in [1.29, 1.82) is 0 Å². The fourth-order valence-electron chi connectivity index (χ4n) is 3.36. The Hall–Kier alpha value is -1.72. The highest BCUT2D eigenvalue weighted by Crippen LogP contribution is 2.32. The zero-order valence-electron chi connectivity index (χ0n) is 14.5. The summed E-state index contributed by atoms with van der Waals surface area (Å²) in [6.07, 6.45) is 5.06. The topological polar surface area (TPSA) is 71.2 Å². The molecule has 3 rings (SSSR count). The Bertz CT molecular complexity index is 631. The maximum atomic E-state index is 10.7. The minimum atomic E-state index is -0.847. The highest BCUT2D eigenvalue weighted by Gasteiger charge is 2.28. The molecule has 5 heteroatoms. The van der Waals surface area contributed by atoms with Crippen molar-refractivity contribution in [1.82, 2.24) is 15.5 Å². The fourth-order valence-corrected chi connectivity index (χ4v) is 3.36. The molecule has 1 fully saturated rings. The standard InChI is InChI=1S/C19H27N3O2/c1-3-17-21-18(24-22-17)14-9-11-16(12-10-14)20-13-19(2,23)15-7-5-4-6-8-15/h4-8,14,16,20,23H,3,9-13H2,1-2H3. The van der Waals surface area contributed by atoms with E-state index < -0.39 is 5.60 Å². The molecule has 0 radical (unpaired) electrons. The lowest BCUT2D eigenvalue weighted by Gasteiger charge is -2.31. The summed E-state index contributed by atoms with van der Waals surface area (Å²) in [4.78, 5) is 4.46. The van der Waals surface area contributed by atoms with Crippen molar-refractivity contribution < 1.29 is 9.63 Å². The van der Waals surface area contributed by atoms with Crippen molar-refractivity contribution in [3.8, 4) is 0 Å². The fraction of sp³-hybridized carbons (Fsp3) is 0.579. The van der Waals surface area contributed by atoms with Gasteiger partial charge in [0.25, 0.3) is 0 Å². The molecule has 0 bridgehead atoms. The average Bonchev–Trinajstić information content (AvgIpc) is 3.10. The van der Waals surface area contributed by atoms with Crippen molar-refractivity contribution in [2.24, 2.45) is 0 Å². The first-order valence-electron chi connectivity index (χ1n) is 8.92. The molecule has 0 saturated heterocycles. The zero-order chi connectivity index (χ0) is 17.0. The number of nitrogens with one attached hydrogen (secondary N) is 1. The number of hydrogen-bond donors (Lipinski definition) is 2. The minimum absolute atomic E-state index is 0.380. The van der Waals surface area contributed by atoms with E-state index in [2.05, 4.69) is 15.5 Å². The summed E-state index contributed by atoms with van der Waals surface area (Å²) in [5.74, 6) is 1.97. The SMILES string of the molecule is CCc1noc(C2CCC(NCC(C)(O)c3ccccc3)CC2)n1. The molecule has 24 heavy (non-hydrogen) atoms. The van der Waals surface area contributed by atoms with E-state index in [0.29, 0.717) is 18.5 Å². The van der Waals surface area contributed by atoms with E-state index in [0.717, 1.165) is 49.4 Å². The second kappa shape index (κ2) is 7.45. The molecule has 1 aliphatic rings. The number of benzene rings is 1. The molecule has 1 atom stereocenters. The number of aromatic nitrogens is 2. The smallest absolute Gasteiger partial charge is 0.229 e. The van der Waals surface area contributed by atoms with Crippen molar-refractivity contribution in [3.63, 3.8) is 0 Å². The predicted octanol–water partition coefficient (Wildman–Crippen LogP) is 3.16. The summed E-state index contributed by atoms with van der Waals surface area (Å²) in [6.45, 7) is 4.46. The maximum Gasteiger partial charge on any atom is 0.229 e. The number of hydrogen-bond acceptors (Lipinski definition) is 5. The lowest BCUT2D eigenvalue weighted by molar-refractivity contribution is 0.0517. The summed E-state index contributed by atoms with van der Waals surface area (Å²) in [5.41, 5.74) is 0.102. The van der Waals surface area contributed by atoms with Gasteiger partial charge in [-0.2, -0.15) is 4.98 Å². The molecule has 1 aliphatic carbocycles. The van der Waals surface area contributed by atoms with Gasteiger partial charge >= 0.3 is 0 Å². The molecule has 1 heterocycles. The Morgan fingerprint density at radius 1 is 1.21 bits per heavy atom. The van der Waals surface area contributed by atoms with Gasteiger partial charge in [-0.25, -0.2) is 0 Å². The Labute approximate surface area is 143 Å². The lowest BCUT2D eigenvalue weighted by Crippen LogP contribution is -2.42. The first-order valence-corrected chi connectivity index (χ1v) is 8.92. The molecule has 130 valence electrons. The number of rotatable bonds is 6. The van der Waals surface area contributed by atoms with E-state index >= 15 is 0 Å². The van der Waals surface area contributed by atoms with Gasteiger partial charge in [-0.1, -0.05) is 42.4 Å². The lowest BCUT2D eigenvalue weighted by atomic mass is 9.85. The van der Waals surface area contributed by atoms with Crippen LogP contribution in [0.5, 0.6) is 0 Å². The van der Waals surface area contributed by atoms with E-state index in [1.807, 2.05) is 44.2 Å². The van der Waals surface area contributed by atoms with Crippen LogP contribution in [0, 0.1) is 0 Å². The molecule has 0 aliphatic heterocycles. The Morgan fingerprint density at radius 2 is 1.92 bits per heavy atom. The summed E-state index contributed by atoms with van der Waals surface area (Å²) in [7, 11) is 0. The Kier molecular flexibility index (Phi) is 5.31. The van der Waals surface area contributed by atoms with Gasteiger partial charge in [0.05, 0.1) is 5.60 Å². The van der Waals surface area contributed by atoms with Crippen molar-refractivity contribution in [2.45, 2.75) is 63.5 Å². The van der Waals surface area contributed by atoms with Crippen LogP contribution in [0.2, 0.25) is 0 Å². The monoisotopic (exact) mass is 329 g/mol. The molecule has 5 nitrogen and oxygen atoms in total. The van der Waals surface area contributed by atoms with Gasteiger partial charge in [-0.3, -0.25) is 0 Å². The average molecular weight is 329 g/mol. The van der Waals surface area contributed by atoms with E-state index in [1.54, 1.807) is 0 Å². The summed E-state index contributed by atoms with van der Waals surface area (Å²) in [6, 6.07) is 10.3. The van der Waals surface area contributed by atoms with Gasteiger partial charge in [0.1, 0.15) is 0 Å². The molecule has 1 unspecified atom stereocenters. The molecule has 1 saturated carbocycles. The van der Waals surface area contributed by atoms with Crippen LogP contribution in [-0.2, 0) is 12.0 Å². The quantitative estimate of drug-likeness (QED) is 0.852. The number of aliphatic hydroxyl groups is 1. The van der Waals surface area contributed by atoms with Gasteiger partial charge in [-0.15, -0.1) is 0 Å². The van der Waals surface area contributed by atoms with Crippen LogP contribution < -0.4 is 5.32 Å². The van der Waals surface area contributed by atoms with Crippen molar-refractivity contribution in [3.05, 3.63) is 47.6 Å². The Morgan fingerprint density at radius 3 is 2.54 bits per heavy atom. The molecule has 0 amide bonds. The second-order valence-electron chi connectivity index (χ2n) is 6.97. The number of nitrogens with zero attached hydrogens (tertiary/aromatic N) is 2. The van der Waals surface area contributed by atoms with Gasteiger partial charge in [-0.05, 0) is 38.2 Å². The van der Waals surface area contributed by atoms with Crippen molar-refractivity contribution >= 4 is 0 Å². The summed E-state index contributed by atoms with van der Waals surface area (Å²) < 4.78 is 5.38. The molecule has 1 aromatic carbocycles. The maximum absolute atomic E-state index is 10.7. The normalized spacial score (nSPS) is 23.8. The highest BCUT2D eigenvalue weighted by atomic mass is 16.5. The van der Waals surface area contributed by atoms with E-state index in [9.17, 15) is 5.11 Å². The van der Waals surface area contributed by atoms with E-state index in [1.165, 1.54) is 0 Å². The molecule has 0 spiro atoms. The zero-order valence-corrected chi connectivity index (χ0v) is 14.5. The van der Waals surface area contributed by atoms with Gasteiger partial charge in [0.15, 0.2) is 5.82 Å². The summed E-state index contributed by atoms with van der Waals surface area (Å²) in [5, 5.41) is 18.2. The second-order valence-corrected chi connectivity index (χ2v) is 6.97. The highest BCUT2D eigenvalue weighted by molar-refractivity contribution is 5.21. The van der Waals surface area contributed by atoms with Crippen LogP contribution >= 0.6 is 0 Å². The van der Waals surface area contributed by atoms with Crippen molar-refractivity contribution in [2.75, 3.05) is 6.54 Å². The predicted molar refractivity (Wildman–Crippen MR) is 92.7 cm³/mol. The van der Waals surface area contributed by atoms with E-state index in [-0.39, 0.29) is 0 Å². The third-order valence-corrected chi connectivity index (χ3v) is 5.01.